The molecule has 0 saturated heterocycles. The number of amides is 1. The molecule has 0 aliphatic rings. The van der Waals surface area contributed by atoms with Crippen molar-refractivity contribution in [2.24, 2.45) is 4.99 Å². The molecule has 0 atom stereocenters. The average molecular weight is 531 g/mol. The number of hydrogen-bond donors (Lipinski definition) is 0. The molecular formula is C18H16BrIN2O2S. The SMILES string of the molecule is CCOCCn1c(=NC(=O)c2ccccc2I)sc2cc(Br)ccc21. The Kier molecular flexibility index (Phi) is 6.43. The van der Waals surface area contributed by atoms with E-state index in [1.54, 1.807) is 0 Å². The van der Waals surface area contributed by atoms with Crippen LogP contribution in [-0.4, -0.2) is 23.7 Å². The summed E-state index contributed by atoms with van der Waals surface area (Å²) in [6, 6.07) is 13.6. The van der Waals surface area contributed by atoms with Crippen LogP contribution in [0.5, 0.6) is 0 Å². The van der Waals surface area contributed by atoms with Crippen molar-refractivity contribution in [1.82, 2.24) is 4.57 Å². The second kappa shape index (κ2) is 8.57. The van der Waals surface area contributed by atoms with E-state index in [1.807, 2.05) is 49.4 Å². The summed E-state index contributed by atoms with van der Waals surface area (Å²) in [6.07, 6.45) is 0. The Balaban J connectivity index is 2.08. The molecule has 0 aliphatic carbocycles. The highest BCUT2D eigenvalue weighted by atomic mass is 127. The summed E-state index contributed by atoms with van der Waals surface area (Å²) >= 11 is 7.18. The molecule has 130 valence electrons. The van der Waals surface area contributed by atoms with Gasteiger partial charge in [-0.1, -0.05) is 39.4 Å². The van der Waals surface area contributed by atoms with Gasteiger partial charge in [-0.05, 0) is 59.8 Å². The van der Waals surface area contributed by atoms with Crippen molar-refractivity contribution in [3.63, 3.8) is 0 Å². The van der Waals surface area contributed by atoms with Gasteiger partial charge in [0, 0.05) is 21.2 Å². The van der Waals surface area contributed by atoms with E-state index in [1.165, 1.54) is 11.3 Å². The zero-order valence-corrected chi connectivity index (χ0v) is 18.1. The number of benzene rings is 2. The van der Waals surface area contributed by atoms with E-state index in [4.69, 9.17) is 4.74 Å². The minimum absolute atomic E-state index is 0.221. The standard InChI is InChI=1S/C18H16BrIN2O2S/c1-2-24-10-9-22-15-8-7-12(19)11-16(15)25-18(22)21-17(23)13-5-3-4-6-14(13)20/h3-8,11H,2,9-10H2,1H3. The van der Waals surface area contributed by atoms with E-state index in [9.17, 15) is 4.79 Å². The van der Waals surface area contributed by atoms with E-state index in [2.05, 4.69) is 48.1 Å². The third kappa shape index (κ3) is 4.39. The smallest absolute Gasteiger partial charge is 0.280 e. The fourth-order valence-corrected chi connectivity index (χ4v) is 4.65. The second-order valence-electron chi connectivity index (χ2n) is 5.24. The zero-order valence-electron chi connectivity index (χ0n) is 13.5. The number of fused-ring (bicyclic) bond motifs is 1. The normalized spacial score (nSPS) is 12.0. The number of rotatable bonds is 5. The van der Waals surface area contributed by atoms with Crippen LogP contribution in [0.25, 0.3) is 10.2 Å². The molecule has 0 radical (unpaired) electrons. The predicted octanol–water partition coefficient (Wildman–Crippen LogP) is 4.85. The Morgan fingerprint density at radius 3 is 2.88 bits per heavy atom. The van der Waals surface area contributed by atoms with Gasteiger partial charge in [-0.15, -0.1) is 0 Å². The van der Waals surface area contributed by atoms with Crippen molar-refractivity contribution in [2.45, 2.75) is 13.5 Å². The number of nitrogens with zero attached hydrogens (tertiary/aromatic N) is 2. The first kappa shape index (κ1) is 18.8. The molecule has 7 heteroatoms. The lowest BCUT2D eigenvalue weighted by Gasteiger charge is -2.05. The largest absolute Gasteiger partial charge is 0.380 e. The van der Waals surface area contributed by atoms with E-state index in [-0.39, 0.29) is 5.91 Å². The van der Waals surface area contributed by atoms with Crippen LogP contribution in [0.15, 0.2) is 51.9 Å². The molecule has 3 rings (SSSR count). The maximum absolute atomic E-state index is 12.6. The molecule has 0 bridgehead atoms. The Bertz CT molecular complexity index is 981. The maximum Gasteiger partial charge on any atom is 0.280 e. The van der Waals surface area contributed by atoms with Gasteiger partial charge in [0.2, 0.25) is 0 Å². The van der Waals surface area contributed by atoms with Gasteiger partial charge in [0.25, 0.3) is 5.91 Å². The summed E-state index contributed by atoms with van der Waals surface area (Å²) in [5, 5.41) is 0. The molecule has 25 heavy (non-hydrogen) atoms. The molecule has 0 aliphatic heterocycles. The third-order valence-electron chi connectivity index (χ3n) is 3.61. The molecule has 0 fully saturated rings. The number of carbonyl (C=O) groups excluding carboxylic acids is 1. The van der Waals surface area contributed by atoms with Gasteiger partial charge in [-0.3, -0.25) is 4.79 Å². The monoisotopic (exact) mass is 530 g/mol. The molecule has 2 aromatic carbocycles. The number of carbonyl (C=O) groups is 1. The Labute approximate surface area is 171 Å². The van der Waals surface area contributed by atoms with Crippen molar-refractivity contribution in [3.05, 3.63) is 60.9 Å². The Morgan fingerprint density at radius 2 is 2.12 bits per heavy atom. The van der Waals surface area contributed by atoms with Crippen LogP contribution in [0, 0.1) is 3.57 Å². The van der Waals surface area contributed by atoms with Gasteiger partial charge in [-0.25, -0.2) is 0 Å². The van der Waals surface area contributed by atoms with Gasteiger partial charge in [-0.2, -0.15) is 4.99 Å². The molecule has 0 N–H and O–H groups in total. The van der Waals surface area contributed by atoms with E-state index >= 15 is 0 Å². The molecule has 0 saturated carbocycles. The second-order valence-corrected chi connectivity index (χ2v) is 8.33. The molecule has 0 unspecified atom stereocenters. The van der Waals surface area contributed by atoms with Crippen LogP contribution in [0.3, 0.4) is 0 Å². The highest BCUT2D eigenvalue weighted by Gasteiger charge is 2.11. The van der Waals surface area contributed by atoms with E-state index in [0.717, 1.165) is 18.3 Å². The first-order valence-corrected chi connectivity index (χ1v) is 10.5. The van der Waals surface area contributed by atoms with Crippen molar-refractivity contribution >= 4 is 66.0 Å². The van der Waals surface area contributed by atoms with Crippen molar-refractivity contribution in [2.75, 3.05) is 13.2 Å². The van der Waals surface area contributed by atoms with Gasteiger partial charge < -0.3 is 9.30 Å². The zero-order chi connectivity index (χ0) is 17.8. The van der Waals surface area contributed by atoms with Crippen LogP contribution in [-0.2, 0) is 11.3 Å². The summed E-state index contributed by atoms with van der Waals surface area (Å²) in [4.78, 5) is 17.7. The van der Waals surface area contributed by atoms with Gasteiger partial charge in [0.15, 0.2) is 4.80 Å². The summed E-state index contributed by atoms with van der Waals surface area (Å²) in [7, 11) is 0. The first-order valence-electron chi connectivity index (χ1n) is 7.80. The molecule has 1 aromatic heterocycles. The molecule has 0 spiro atoms. The minimum Gasteiger partial charge on any atom is -0.380 e. The topological polar surface area (TPSA) is 43.6 Å². The molecular weight excluding hydrogens is 515 g/mol. The van der Waals surface area contributed by atoms with Crippen molar-refractivity contribution in [3.8, 4) is 0 Å². The lowest BCUT2D eigenvalue weighted by molar-refractivity contribution is 0.0996. The van der Waals surface area contributed by atoms with Crippen molar-refractivity contribution in [1.29, 1.82) is 0 Å². The number of ether oxygens (including phenoxy) is 1. The van der Waals surface area contributed by atoms with Crippen LogP contribution in [0.2, 0.25) is 0 Å². The van der Waals surface area contributed by atoms with Gasteiger partial charge in [0.05, 0.1) is 22.4 Å². The van der Waals surface area contributed by atoms with Crippen molar-refractivity contribution < 1.29 is 9.53 Å². The van der Waals surface area contributed by atoms with E-state index in [0.29, 0.717) is 30.1 Å². The molecule has 3 aromatic rings. The first-order chi connectivity index (χ1) is 12.1. The summed E-state index contributed by atoms with van der Waals surface area (Å²) in [5.74, 6) is -0.221. The van der Waals surface area contributed by atoms with E-state index < -0.39 is 0 Å². The Morgan fingerprint density at radius 1 is 1.32 bits per heavy atom. The average Bonchev–Trinajstić information content (AvgIpc) is 2.92. The third-order valence-corrected chi connectivity index (χ3v) is 6.08. The fourth-order valence-electron chi connectivity index (χ4n) is 2.43. The number of aromatic nitrogens is 1. The fraction of sp³-hybridized carbons (Fsp3) is 0.222. The van der Waals surface area contributed by atoms with Crippen LogP contribution in [0.1, 0.15) is 17.3 Å². The van der Waals surface area contributed by atoms with Gasteiger partial charge >= 0.3 is 0 Å². The highest BCUT2D eigenvalue weighted by Crippen LogP contribution is 2.22. The van der Waals surface area contributed by atoms with Gasteiger partial charge in [0.1, 0.15) is 0 Å². The quantitative estimate of drug-likeness (QED) is 0.349. The number of hydrogen-bond acceptors (Lipinski definition) is 3. The van der Waals surface area contributed by atoms with Crippen LogP contribution >= 0.6 is 49.9 Å². The predicted molar refractivity (Wildman–Crippen MR) is 113 cm³/mol. The molecule has 4 nitrogen and oxygen atoms in total. The molecule has 1 amide bonds. The molecule has 1 heterocycles. The highest BCUT2D eigenvalue weighted by molar-refractivity contribution is 14.1. The lowest BCUT2D eigenvalue weighted by atomic mass is 10.2. The Hall–Kier alpha value is -1.03. The maximum atomic E-state index is 12.6. The summed E-state index contributed by atoms with van der Waals surface area (Å²) in [5.41, 5.74) is 1.68. The lowest BCUT2D eigenvalue weighted by Crippen LogP contribution is -2.20. The van der Waals surface area contributed by atoms with Crippen LogP contribution < -0.4 is 4.80 Å². The minimum atomic E-state index is -0.221. The van der Waals surface area contributed by atoms with Crippen LogP contribution in [0.4, 0.5) is 0 Å². The number of thiazole rings is 1. The number of halogens is 2. The summed E-state index contributed by atoms with van der Waals surface area (Å²) in [6.45, 7) is 3.89. The summed E-state index contributed by atoms with van der Waals surface area (Å²) < 4.78 is 10.5.